The third-order valence-electron chi connectivity index (χ3n) is 4.17. The van der Waals surface area contributed by atoms with E-state index in [1.165, 1.54) is 22.3 Å². The molecule has 6 heteroatoms. The highest BCUT2D eigenvalue weighted by Gasteiger charge is 2.29. The average molecular weight is 359 g/mol. The van der Waals surface area contributed by atoms with Crippen LogP contribution in [0.25, 0.3) is 6.08 Å². The van der Waals surface area contributed by atoms with Crippen LogP contribution in [0.15, 0.2) is 28.9 Å². The molecule has 1 N–H and O–H groups in total. The van der Waals surface area contributed by atoms with Gasteiger partial charge in [0.1, 0.15) is 10.8 Å². The number of hydrogen-bond acceptors (Lipinski definition) is 5. The first-order valence-electron chi connectivity index (χ1n) is 8.42. The normalized spacial score (nSPS) is 16.6. The van der Waals surface area contributed by atoms with Gasteiger partial charge in [-0.1, -0.05) is 6.92 Å². The van der Waals surface area contributed by atoms with E-state index < -0.39 is 0 Å². The molecular weight excluding hydrogens is 338 g/mol. The Morgan fingerprint density at radius 1 is 1.48 bits per heavy atom. The van der Waals surface area contributed by atoms with Crippen LogP contribution in [0.2, 0.25) is 0 Å². The zero-order chi connectivity index (χ0) is 17.8. The number of esters is 1. The van der Waals surface area contributed by atoms with Crippen LogP contribution in [-0.2, 0) is 22.4 Å². The quantitative estimate of drug-likeness (QED) is 0.638. The summed E-state index contributed by atoms with van der Waals surface area (Å²) in [5.74, 6) is 0.464. The Morgan fingerprint density at radius 3 is 3.04 bits per heavy atom. The van der Waals surface area contributed by atoms with Crippen LogP contribution in [0.4, 0.5) is 5.00 Å². The predicted molar refractivity (Wildman–Crippen MR) is 97.8 cm³/mol. The van der Waals surface area contributed by atoms with Gasteiger partial charge < -0.3 is 14.5 Å². The van der Waals surface area contributed by atoms with Crippen molar-refractivity contribution in [1.29, 1.82) is 0 Å². The first kappa shape index (κ1) is 17.5. The number of anilines is 1. The topological polar surface area (TPSA) is 68.5 Å². The summed E-state index contributed by atoms with van der Waals surface area (Å²) in [5, 5.41) is 3.41. The summed E-state index contributed by atoms with van der Waals surface area (Å²) >= 11 is 1.48. The molecule has 0 saturated carbocycles. The minimum atomic E-state index is -0.362. The molecular formula is C19H21NO4S. The number of hydrogen-bond donors (Lipinski definition) is 1. The van der Waals surface area contributed by atoms with E-state index in [2.05, 4.69) is 12.2 Å². The van der Waals surface area contributed by atoms with Crippen molar-refractivity contribution in [2.45, 2.75) is 33.1 Å². The summed E-state index contributed by atoms with van der Waals surface area (Å²) in [7, 11) is 0. The van der Waals surface area contributed by atoms with Crippen LogP contribution in [0, 0.1) is 5.92 Å². The molecule has 0 aromatic carbocycles. The van der Waals surface area contributed by atoms with Gasteiger partial charge in [0, 0.05) is 11.0 Å². The second kappa shape index (κ2) is 7.70. The number of amides is 1. The summed E-state index contributed by atoms with van der Waals surface area (Å²) in [6.07, 6.45) is 7.42. The summed E-state index contributed by atoms with van der Waals surface area (Å²) in [6, 6.07) is 3.52. The molecule has 0 spiro atoms. The van der Waals surface area contributed by atoms with Gasteiger partial charge >= 0.3 is 5.97 Å². The molecule has 2 aromatic heterocycles. The Hall–Kier alpha value is -2.34. The molecule has 25 heavy (non-hydrogen) atoms. The highest BCUT2D eigenvalue weighted by Crippen LogP contribution is 2.40. The smallest absolute Gasteiger partial charge is 0.341 e. The summed E-state index contributed by atoms with van der Waals surface area (Å²) < 4.78 is 10.4. The largest absolute Gasteiger partial charge is 0.465 e. The first-order valence-corrected chi connectivity index (χ1v) is 9.24. The fourth-order valence-electron chi connectivity index (χ4n) is 2.96. The molecule has 0 fully saturated rings. The lowest BCUT2D eigenvalue weighted by molar-refractivity contribution is -0.111. The molecule has 1 aliphatic carbocycles. The molecule has 1 atom stereocenters. The number of fused-ring (bicyclic) bond motifs is 1. The maximum absolute atomic E-state index is 12.4. The van der Waals surface area contributed by atoms with Crippen molar-refractivity contribution in [1.82, 2.24) is 0 Å². The van der Waals surface area contributed by atoms with Crippen LogP contribution in [0.1, 0.15) is 46.8 Å². The lowest BCUT2D eigenvalue weighted by Crippen LogP contribution is -2.16. The maximum Gasteiger partial charge on any atom is 0.341 e. The molecule has 0 bridgehead atoms. The van der Waals surface area contributed by atoms with E-state index in [4.69, 9.17) is 9.15 Å². The molecule has 1 aliphatic rings. The minimum absolute atomic E-state index is 0.298. The molecule has 1 unspecified atom stereocenters. The fourth-order valence-corrected chi connectivity index (χ4v) is 4.20. The van der Waals surface area contributed by atoms with Gasteiger partial charge in [-0.05, 0) is 55.9 Å². The van der Waals surface area contributed by atoms with E-state index in [1.54, 1.807) is 31.4 Å². The van der Waals surface area contributed by atoms with Gasteiger partial charge in [0.15, 0.2) is 0 Å². The predicted octanol–water partition coefficient (Wildman–Crippen LogP) is 4.29. The highest BCUT2D eigenvalue weighted by atomic mass is 32.1. The lowest BCUT2D eigenvalue weighted by Gasteiger charge is -2.18. The van der Waals surface area contributed by atoms with E-state index in [0.29, 0.717) is 28.8 Å². The first-order chi connectivity index (χ1) is 12.1. The van der Waals surface area contributed by atoms with Crippen LogP contribution < -0.4 is 5.32 Å². The molecule has 3 rings (SSSR count). The van der Waals surface area contributed by atoms with Gasteiger partial charge in [-0.15, -0.1) is 11.3 Å². The standard InChI is InChI=1S/C19H21NO4S/c1-3-23-19(22)17-14-11-12(2)6-8-15(14)25-18(17)20-16(21)9-7-13-5-4-10-24-13/h4-5,7,9-10,12H,3,6,8,11H2,1-2H3,(H,20,21). The number of carbonyl (C=O) groups is 2. The third-order valence-corrected chi connectivity index (χ3v) is 5.37. The van der Waals surface area contributed by atoms with E-state index in [9.17, 15) is 9.59 Å². The molecule has 2 heterocycles. The molecule has 1 amide bonds. The summed E-state index contributed by atoms with van der Waals surface area (Å²) in [5.41, 5.74) is 1.56. The van der Waals surface area contributed by atoms with Gasteiger partial charge in [0.25, 0.3) is 0 Å². The van der Waals surface area contributed by atoms with Crippen molar-refractivity contribution in [3.8, 4) is 0 Å². The zero-order valence-electron chi connectivity index (χ0n) is 14.3. The lowest BCUT2D eigenvalue weighted by atomic mass is 9.88. The number of rotatable bonds is 5. The van der Waals surface area contributed by atoms with Crippen molar-refractivity contribution in [2.24, 2.45) is 5.92 Å². The van der Waals surface area contributed by atoms with Gasteiger partial charge in [-0.25, -0.2) is 4.79 Å². The van der Waals surface area contributed by atoms with E-state index >= 15 is 0 Å². The second-order valence-electron chi connectivity index (χ2n) is 6.11. The van der Waals surface area contributed by atoms with E-state index in [-0.39, 0.29) is 11.9 Å². The van der Waals surface area contributed by atoms with Crippen LogP contribution in [0.5, 0.6) is 0 Å². The Kier molecular flexibility index (Phi) is 5.38. The van der Waals surface area contributed by atoms with Crippen molar-refractivity contribution >= 4 is 34.3 Å². The Morgan fingerprint density at radius 2 is 2.32 bits per heavy atom. The number of ether oxygens (including phenoxy) is 1. The molecule has 0 saturated heterocycles. The second-order valence-corrected chi connectivity index (χ2v) is 7.22. The minimum Gasteiger partial charge on any atom is -0.465 e. The van der Waals surface area contributed by atoms with Crippen molar-refractivity contribution < 1.29 is 18.7 Å². The van der Waals surface area contributed by atoms with Gasteiger partial charge in [-0.2, -0.15) is 0 Å². The number of thiophene rings is 1. The van der Waals surface area contributed by atoms with Crippen molar-refractivity contribution in [3.05, 3.63) is 46.2 Å². The molecule has 0 radical (unpaired) electrons. The number of nitrogens with one attached hydrogen (secondary N) is 1. The fraction of sp³-hybridized carbons (Fsp3) is 0.368. The Balaban J connectivity index is 1.84. The maximum atomic E-state index is 12.4. The number of carbonyl (C=O) groups excluding carboxylic acids is 2. The van der Waals surface area contributed by atoms with E-state index in [1.807, 2.05) is 0 Å². The third kappa shape index (κ3) is 4.02. The van der Waals surface area contributed by atoms with Crippen molar-refractivity contribution in [2.75, 3.05) is 11.9 Å². The van der Waals surface area contributed by atoms with E-state index in [0.717, 1.165) is 24.8 Å². The van der Waals surface area contributed by atoms with Crippen LogP contribution in [-0.4, -0.2) is 18.5 Å². The van der Waals surface area contributed by atoms with Gasteiger partial charge in [0.2, 0.25) is 5.91 Å². The van der Waals surface area contributed by atoms with Crippen LogP contribution >= 0.6 is 11.3 Å². The van der Waals surface area contributed by atoms with Crippen molar-refractivity contribution in [3.63, 3.8) is 0 Å². The van der Waals surface area contributed by atoms with Gasteiger partial charge in [-0.3, -0.25) is 4.79 Å². The van der Waals surface area contributed by atoms with Gasteiger partial charge in [0.05, 0.1) is 18.4 Å². The average Bonchev–Trinajstić information content (AvgIpc) is 3.20. The Bertz CT molecular complexity index is 789. The molecule has 0 aliphatic heterocycles. The Labute approximate surface area is 150 Å². The summed E-state index contributed by atoms with van der Waals surface area (Å²) in [4.78, 5) is 25.8. The number of aryl methyl sites for hydroxylation is 1. The molecule has 132 valence electrons. The number of furan rings is 1. The highest BCUT2D eigenvalue weighted by molar-refractivity contribution is 7.17. The zero-order valence-corrected chi connectivity index (χ0v) is 15.2. The molecule has 5 nitrogen and oxygen atoms in total. The van der Waals surface area contributed by atoms with Crippen LogP contribution in [0.3, 0.4) is 0 Å². The SMILES string of the molecule is CCOC(=O)c1c(NC(=O)C=Cc2ccco2)sc2c1CC(C)CC2. The summed E-state index contributed by atoms with van der Waals surface area (Å²) in [6.45, 7) is 4.27. The monoisotopic (exact) mass is 359 g/mol. The molecule has 2 aromatic rings.